The van der Waals surface area contributed by atoms with E-state index in [9.17, 15) is 14.4 Å². The van der Waals surface area contributed by atoms with Gasteiger partial charge in [-0.1, -0.05) is 252 Å². The van der Waals surface area contributed by atoms with Gasteiger partial charge in [0.15, 0.2) is 6.10 Å². The molecule has 0 fully saturated rings. The zero-order chi connectivity index (χ0) is 53.6. The summed E-state index contributed by atoms with van der Waals surface area (Å²) in [6, 6.07) is 0. The first kappa shape index (κ1) is 70.1. The topological polar surface area (TPSA) is 78.9 Å². The van der Waals surface area contributed by atoms with E-state index in [0.29, 0.717) is 19.3 Å². The van der Waals surface area contributed by atoms with Crippen molar-refractivity contribution in [2.45, 2.75) is 290 Å². The first-order valence-electron chi connectivity index (χ1n) is 30.9. The molecule has 0 amide bonds. The Bertz CT molecular complexity index is 1510. The fraction of sp³-hybridized carbons (Fsp3) is 0.691. The van der Waals surface area contributed by atoms with Gasteiger partial charge in [0.2, 0.25) is 0 Å². The molecule has 0 aromatic rings. The van der Waals surface area contributed by atoms with Gasteiger partial charge in [0.1, 0.15) is 13.2 Å². The average Bonchev–Trinajstić information content (AvgIpc) is 3.40. The van der Waals surface area contributed by atoms with Crippen LogP contribution >= 0.6 is 0 Å². The minimum Gasteiger partial charge on any atom is -0.462 e. The Balaban J connectivity index is 4.22. The van der Waals surface area contributed by atoms with Gasteiger partial charge in [-0.15, -0.1) is 0 Å². The van der Waals surface area contributed by atoms with E-state index in [2.05, 4.69) is 130 Å². The largest absolute Gasteiger partial charge is 0.462 e. The molecule has 0 aliphatic heterocycles. The zero-order valence-electron chi connectivity index (χ0n) is 48.3. The molecule has 0 saturated carbocycles. The van der Waals surface area contributed by atoms with Crippen molar-refractivity contribution < 1.29 is 28.6 Å². The molecule has 0 N–H and O–H groups in total. The third kappa shape index (κ3) is 59.0. The number of hydrogen-bond donors (Lipinski definition) is 0. The summed E-state index contributed by atoms with van der Waals surface area (Å²) < 4.78 is 16.8. The van der Waals surface area contributed by atoms with Gasteiger partial charge in [-0.05, 0) is 122 Å². The van der Waals surface area contributed by atoms with E-state index in [4.69, 9.17) is 14.2 Å². The van der Waals surface area contributed by atoms with Crippen molar-refractivity contribution >= 4 is 17.9 Å². The van der Waals surface area contributed by atoms with Gasteiger partial charge >= 0.3 is 17.9 Å². The molecular weight excluding hydrogens is 913 g/mol. The van der Waals surface area contributed by atoms with Crippen LogP contribution in [-0.2, 0) is 28.6 Å². The van der Waals surface area contributed by atoms with Gasteiger partial charge in [-0.25, -0.2) is 0 Å². The molecule has 0 aromatic heterocycles. The van der Waals surface area contributed by atoms with E-state index < -0.39 is 6.10 Å². The van der Waals surface area contributed by atoms with Crippen LogP contribution in [0.1, 0.15) is 284 Å². The third-order valence-electron chi connectivity index (χ3n) is 13.0. The quantitative estimate of drug-likeness (QED) is 0.0261. The van der Waals surface area contributed by atoms with E-state index in [1.54, 1.807) is 0 Å². The smallest absolute Gasteiger partial charge is 0.306 e. The van der Waals surface area contributed by atoms with Crippen molar-refractivity contribution in [1.29, 1.82) is 0 Å². The van der Waals surface area contributed by atoms with Gasteiger partial charge in [-0.3, -0.25) is 14.4 Å². The second kappa shape index (κ2) is 61.6. The second-order valence-corrected chi connectivity index (χ2v) is 20.2. The van der Waals surface area contributed by atoms with Crippen LogP contribution in [-0.4, -0.2) is 37.2 Å². The number of unbranched alkanes of at least 4 members (excludes halogenated alkanes) is 26. The Hall–Kier alpha value is -3.93. The van der Waals surface area contributed by atoms with Crippen LogP contribution in [0.15, 0.2) is 109 Å². The molecule has 6 nitrogen and oxygen atoms in total. The van der Waals surface area contributed by atoms with E-state index in [1.165, 1.54) is 109 Å². The highest BCUT2D eigenvalue weighted by molar-refractivity contribution is 5.71. The lowest BCUT2D eigenvalue weighted by atomic mass is 10.1. The summed E-state index contributed by atoms with van der Waals surface area (Å²) in [5, 5.41) is 0. The lowest BCUT2D eigenvalue weighted by molar-refractivity contribution is -0.167. The summed E-state index contributed by atoms with van der Waals surface area (Å²) in [4.78, 5) is 38.1. The minimum atomic E-state index is -0.788. The normalized spacial score (nSPS) is 12.9. The Morgan fingerprint density at radius 2 is 0.554 bits per heavy atom. The molecule has 1 unspecified atom stereocenters. The van der Waals surface area contributed by atoms with E-state index in [0.717, 1.165) is 135 Å². The first-order valence-corrected chi connectivity index (χ1v) is 30.9. The van der Waals surface area contributed by atoms with Crippen LogP contribution in [0.4, 0.5) is 0 Å². The lowest BCUT2D eigenvalue weighted by Gasteiger charge is -2.18. The third-order valence-corrected chi connectivity index (χ3v) is 13.0. The van der Waals surface area contributed by atoms with Crippen molar-refractivity contribution in [3.8, 4) is 0 Å². The molecule has 0 radical (unpaired) electrons. The predicted molar refractivity (Wildman–Crippen MR) is 320 cm³/mol. The SMILES string of the molecule is CC/C=C\C/C=C\C/C=C\C/C=C\C/C=C\C/C=C\C/C=C\CCCCCCCCCCCC(=O)OCC(COC(=O)CCCCCCC/C=C\CCC)OC(=O)CCCCCCC/C=C\CCCCCCCC. The minimum absolute atomic E-state index is 0.0871. The Morgan fingerprint density at radius 1 is 0.284 bits per heavy atom. The molecule has 6 heteroatoms. The van der Waals surface area contributed by atoms with Crippen LogP contribution < -0.4 is 0 Å². The number of esters is 3. The lowest BCUT2D eigenvalue weighted by Crippen LogP contribution is -2.30. The van der Waals surface area contributed by atoms with E-state index in [1.807, 2.05) is 0 Å². The summed E-state index contributed by atoms with van der Waals surface area (Å²) in [5.41, 5.74) is 0. The molecule has 1 atom stereocenters. The summed E-state index contributed by atoms with van der Waals surface area (Å²) in [7, 11) is 0. The van der Waals surface area contributed by atoms with Crippen LogP contribution in [0.2, 0.25) is 0 Å². The van der Waals surface area contributed by atoms with Crippen molar-refractivity contribution in [1.82, 2.24) is 0 Å². The maximum Gasteiger partial charge on any atom is 0.306 e. The van der Waals surface area contributed by atoms with Crippen molar-refractivity contribution in [2.24, 2.45) is 0 Å². The monoisotopic (exact) mass is 1030 g/mol. The van der Waals surface area contributed by atoms with Crippen LogP contribution in [0.5, 0.6) is 0 Å². The molecular formula is C68H114O6. The molecule has 0 bridgehead atoms. The molecule has 0 saturated heterocycles. The Kier molecular flexibility index (Phi) is 58.3. The van der Waals surface area contributed by atoms with Crippen LogP contribution in [0.3, 0.4) is 0 Å². The van der Waals surface area contributed by atoms with Gasteiger partial charge < -0.3 is 14.2 Å². The highest BCUT2D eigenvalue weighted by atomic mass is 16.6. The molecule has 0 heterocycles. The standard InChI is InChI=1S/C68H114O6/c1-4-7-10-13-16-19-22-24-26-27-28-29-30-31-32-33-34-35-36-37-38-39-40-41-43-44-46-49-52-55-58-61-67(70)73-64-65(63-72-66(69)60-57-54-51-48-21-18-15-12-9-6-3)74-68(71)62-59-56-53-50-47-45-42-25-23-20-17-14-11-8-5-2/h7,10,12,15-16,19,24-26,28-29,31-32,34-35,37-38,42,65H,4-6,8-9,11,13-14,17-18,20-23,27,30,33,36,39-41,43-64H2,1-3H3/b10-7-,15-12-,19-16-,26-24-,29-28-,32-31-,35-34-,38-37-,42-25-. The van der Waals surface area contributed by atoms with Crippen LogP contribution in [0.25, 0.3) is 0 Å². The number of rotatable bonds is 55. The van der Waals surface area contributed by atoms with Gasteiger partial charge in [0.05, 0.1) is 0 Å². The molecule has 0 aromatic carbocycles. The Morgan fingerprint density at radius 3 is 0.892 bits per heavy atom. The van der Waals surface area contributed by atoms with Gasteiger partial charge in [0.25, 0.3) is 0 Å². The summed E-state index contributed by atoms with van der Waals surface area (Å²) in [5.74, 6) is -0.909. The van der Waals surface area contributed by atoms with Crippen molar-refractivity contribution in [2.75, 3.05) is 13.2 Å². The van der Waals surface area contributed by atoms with Gasteiger partial charge in [-0.2, -0.15) is 0 Å². The molecule has 0 aliphatic carbocycles. The van der Waals surface area contributed by atoms with Crippen molar-refractivity contribution in [3.63, 3.8) is 0 Å². The van der Waals surface area contributed by atoms with Crippen molar-refractivity contribution in [3.05, 3.63) is 109 Å². The summed E-state index contributed by atoms with van der Waals surface area (Å²) in [6.07, 6.45) is 83.8. The van der Waals surface area contributed by atoms with Crippen LogP contribution in [0, 0.1) is 0 Å². The number of allylic oxidation sites excluding steroid dienone is 18. The summed E-state index contributed by atoms with van der Waals surface area (Å²) >= 11 is 0. The number of hydrogen-bond acceptors (Lipinski definition) is 6. The first-order chi connectivity index (χ1) is 36.5. The maximum atomic E-state index is 12.8. The number of ether oxygens (including phenoxy) is 3. The Labute approximate surface area is 457 Å². The number of carbonyl (C=O) groups excluding carboxylic acids is 3. The molecule has 0 spiro atoms. The van der Waals surface area contributed by atoms with E-state index in [-0.39, 0.29) is 31.1 Å². The molecule has 422 valence electrons. The molecule has 0 rings (SSSR count). The highest BCUT2D eigenvalue weighted by Gasteiger charge is 2.19. The summed E-state index contributed by atoms with van der Waals surface area (Å²) in [6.45, 7) is 6.45. The molecule has 0 aliphatic rings. The maximum absolute atomic E-state index is 12.8. The fourth-order valence-electron chi connectivity index (χ4n) is 8.36. The van der Waals surface area contributed by atoms with Gasteiger partial charge in [0, 0.05) is 19.3 Å². The highest BCUT2D eigenvalue weighted by Crippen LogP contribution is 2.15. The predicted octanol–water partition coefficient (Wildman–Crippen LogP) is 21.0. The number of carbonyl (C=O) groups is 3. The second-order valence-electron chi connectivity index (χ2n) is 20.2. The van der Waals surface area contributed by atoms with E-state index >= 15 is 0 Å². The average molecular weight is 1030 g/mol. The fourth-order valence-corrected chi connectivity index (χ4v) is 8.36. The zero-order valence-corrected chi connectivity index (χ0v) is 48.3. The molecule has 74 heavy (non-hydrogen) atoms.